The summed E-state index contributed by atoms with van der Waals surface area (Å²) in [6.07, 6.45) is 9.24. The zero-order chi connectivity index (χ0) is 27.6. The van der Waals surface area contributed by atoms with Gasteiger partial charge in [0.25, 0.3) is 11.7 Å². The number of allylic oxidation sites excluding steroid dienone is 3. The number of aliphatic imine (C=N–C) groups is 1. The van der Waals surface area contributed by atoms with Crippen LogP contribution in [0.5, 0.6) is 0 Å². The van der Waals surface area contributed by atoms with Crippen LogP contribution < -0.4 is 5.32 Å². The normalized spacial score (nSPS) is 22.8. The fraction of sp³-hybridized carbons (Fsp3) is 0.548. The summed E-state index contributed by atoms with van der Waals surface area (Å²) in [5, 5.41) is 3.13. The molecule has 39 heavy (non-hydrogen) atoms. The zero-order valence-corrected chi connectivity index (χ0v) is 23.4. The first-order chi connectivity index (χ1) is 18.7. The van der Waals surface area contributed by atoms with E-state index < -0.39 is 0 Å². The molecule has 1 aromatic rings. The van der Waals surface area contributed by atoms with Gasteiger partial charge in [-0.3, -0.25) is 14.5 Å². The summed E-state index contributed by atoms with van der Waals surface area (Å²) in [6.45, 7) is 18.0. The highest BCUT2D eigenvalue weighted by atomic mass is 16.5. The van der Waals surface area contributed by atoms with Crippen LogP contribution in [0.4, 0.5) is 5.69 Å². The van der Waals surface area contributed by atoms with Crippen LogP contribution in [0.3, 0.4) is 0 Å². The SMILES string of the molecule is [C-]#[N+]C1=CCC(C(=O)Nc2ccc(C3(N4CCN(C(C)=O)CC4)CCOCC3)cc2C2=CCC(C)(C)CC2)=N1. The highest BCUT2D eigenvalue weighted by Crippen LogP contribution is 2.44. The molecule has 0 atom stereocenters. The van der Waals surface area contributed by atoms with Gasteiger partial charge in [-0.15, -0.1) is 4.99 Å². The second kappa shape index (κ2) is 11.1. The van der Waals surface area contributed by atoms with Gasteiger partial charge in [0.05, 0.1) is 5.54 Å². The summed E-state index contributed by atoms with van der Waals surface area (Å²) in [4.78, 5) is 37.2. The Balaban J connectivity index is 1.50. The minimum absolute atomic E-state index is 0.135. The molecule has 1 N–H and O–H groups in total. The fourth-order valence-corrected chi connectivity index (χ4v) is 6.30. The average Bonchev–Trinajstić information content (AvgIpc) is 3.44. The molecule has 0 saturated carbocycles. The molecule has 2 amide bonds. The quantitative estimate of drug-likeness (QED) is 0.545. The maximum atomic E-state index is 13.1. The van der Waals surface area contributed by atoms with E-state index in [2.05, 4.69) is 52.1 Å². The van der Waals surface area contributed by atoms with E-state index in [0.29, 0.717) is 25.3 Å². The van der Waals surface area contributed by atoms with E-state index in [-0.39, 0.29) is 28.6 Å². The van der Waals surface area contributed by atoms with Crippen molar-refractivity contribution in [3.63, 3.8) is 0 Å². The Bertz CT molecular complexity index is 1270. The number of benzene rings is 1. The molecule has 1 aliphatic carbocycles. The van der Waals surface area contributed by atoms with Gasteiger partial charge in [-0.25, -0.2) is 0 Å². The lowest BCUT2D eigenvalue weighted by atomic mass is 9.75. The predicted molar refractivity (Wildman–Crippen MR) is 153 cm³/mol. The number of rotatable bonds is 5. The first-order valence-corrected chi connectivity index (χ1v) is 14.1. The Morgan fingerprint density at radius 2 is 1.82 bits per heavy atom. The van der Waals surface area contributed by atoms with Gasteiger partial charge in [-0.2, -0.15) is 0 Å². The summed E-state index contributed by atoms with van der Waals surface area (Å²) < 4.78 is 5.82. The van der Waals surface area contributed by atoms with Crippen LogP contribution in [-0.4, -0.2) is 66.7 Å². The third kappa shape index (κ3) is 5.70. The Morgan fingerprint density at radius 3 is 2.44 bits per heavy atom. The third-order valence-electron chi connectivity index (χ3n) is 8.88. The Labute approximate surface area is 231 Å². The molecule has 8 nitrogen and oxygen atoms in total. The minimum Gasteiger partial charge on any atom is -0.381 e. The number of carbonyl (C=O) groups excluding carboxylic acids is 2. The van der Waals surface area contributed by atoms with E-state index in [0.717, 1.165) is 69.5 Å². The number of hydrogen-bond acceptors (Lipinski definition) is 5. The van der Waals surface area contributed by atoms with Crippen molar-refractivity contribution in [1.29, 1.82) is 0 Å². The van der Waals surface area contributed by atoms with Crippen molar-refractivity contribution >= 4 is 28.8 Å². The number of ether oxygens (including phenoxy) is 1. The van der Waals surface area contributed by atoms with E-state index >= 15 is 0 Å². The standard InChI is InChI=1S/C31H39N5O3/c1-22(37)35-15-17-36(18-16-35)31(13-19-39-20-14-31)24-5-6-26(34-29(38)27-7-8-28(32-4)33-27)25(21-24)23-9-11-30(2,3)12-10-23/h5-6,8-9,21H,7,10-20H2,1-3H3,(H,34,38). The van der Waals surface area contributed by atoms with Crippen molar-refractivity contribution in [2.45, 2.75) is 64.8 Å². The highest BCUT2D eigenvalue weighted by Gasteiger charge is 2.42. The van der Waals surface area contributed by atoms with Gasteiger partial charge < -0.3 is 19.8 Å². The smallest absolute Gasteiger partial charge is 0.293 e. The van der Waals surface area contributed by atoms with Gasteiger partial charge in [0.2, 0.25) is 5.91 Å². The lowest BCUT2D eigenvalue weighted by Crippen LogP contribution is -2.57. The fourth-order valence-electron chi connectivity index (χ4n) is 6.30. The first-order valence-electron chi connectivity index (χ1n) is 14.1. The van der Waals surface area contributed by atoms with Gasteiger partial charge in [0.15, 0.2) is 5.71 Å². The monoisotopic (exact) mass is 529 g/mol. The lowest BCUT2D eigenvalue weighted by Gasteiger charge is -2.50. The van der Waals surface area contributed by atoms with E-state index in [9.17, 15) is 9.59 Å². The number of hydrogen-bond donors (Lipinski definition) is 1. The molecule has 0 bridgehead atoms. The van der Waals surface area contributed by atoms with E-state index in [1.54, 1.807) is 13.0 Å². The molecule has 0 aromatic heterocycles. The Morgan fingerprint density at radius 1 is 1.08 bits per heavy atom. The van der Waals surface area contributed by atoms with Crippen LogP contribution in [0, 0.1) is 12.0 Å². The number of nitrogens with zero attached hydrogens (tertiary/aromatic N) is 4. The molecular formula is C31H39N5O3. The summed E-state index contributed by atoms with van der Waals surface area (Å²) in [6, 6.07) is 6.50. The zero-order valence-electron chi connectivity index (χ0n) is 23.4. The van der Waals surface area contributed by atoms with E-state index in [4.69, 9.17) is 11.3 Å². The molecule has 206 valence electrons. The van der Waals surface area contributed by atoms with Crippen LogP contribution in [0.1, 0.15) is 70.4 Å². The molecule has 0 radical (unpaired) electrons. The molecule has 4 aliphatic rings. The van der Waals surface area contributed by atoms with Crippen LogP contribution in [-0.2, 0) is 19.9 Å². The topological polar surface area (TPSA) is 78.6 Å². The van der Waals surface area contributed by atoms with Gasteiger partial charge in [-0.1, -0.05) is 38.6 Å². The Kier molecular flexibility index (Phi) is 7.75. The molecule has 2 saturated heterocycles. The lowest BCUT2D eigenvalue weighted by molar-refractivity contribution is -0.132. The number of amides is 2. The summed E-state index contributed by atoms with van der Waals surface area (Å²) in [5.41, 5.74) is 4.84. The second-order valence-electron chi connectivity index (χ2n) is 11.9. The van der Waals surface area contributed by atoms with Crippen LogP contribution in [0.2, 0.25) is 0 Å². The van der Waals surface area contributed by atoms with Crippen LogP contribution in [0.25, 0.3) is 10.4 Å². The average molecular weight is 530 g/mol. The van der Waals surface area contributed by atoms with Crippen molar-refractivity contribution in [2.24, 2.45) is 10.4 Å². The number of piperazine rings is 1. The van der Waals surface area contributed by atoms with Crippen molar-refractivity contribution in [3.05, 3.63) is 58.7 Å². The van der Waals surface area contributed by atoms with Crippen molar-refractivity contribution < 1.29 is 14.3 Å². The maximum absolute atomic E-state index is 13.1. The van der Waals surface area contributed by atoms with Crippen LogP contribution >= 0.6 is 0 Å². The molecule has 2 fully saturated rings. The van der Waals surface area contributed by atoms with Gasteiger partial charge in [0.1, 0.15) is 0 Å². The van der Waals surface area contributed by atoms with Gasteiger partial charge >= 0.3 is 0 Å². The van der Waals surface area contributed by atoms with Crippen LogP contribution in [0.15, 0.2) is 41.2 Å². The minimum atomic E-state index is -0.253. The molecular weight excluding hydrogens is 490 g/mol. The molecule has 8 heteroatoms. The van der Waals surface area contributed by atoms with Gasteiger partial charge in [-0.05, 0) is 60.8 Å². The molecule has 0 spiro atoms. The molecule has 0 unspecified atom stereocenters. The predicted octanol–water partition coefficient (Wildman–Crippen LogP) is 4.99. The van der Waals surface area contributed by atoms with Crippen molar-refractivity contribution in [3.8, 4) is 0 Å². The molecule has 3 aliphatic heterocycles. The maximum Gasteiger partial charge on any atom is 0.293 e. The van der Waals surface area contributed by atoms with Crippen molar-refractivity contribution in [1.82, 2.24) is 9.80 Å². The number of nitrogens with one attached hydrogen (secondary N) is 1. The first kappa shape index (κ1) is 27.3. The van der Waals surface area contributed by atoms with Crippen molar-refractivity contribution in [2.75, 3.05) is 44.7 Å². The largest absolute Gasteiger partial charge is 0.381 e. The molecule has 1 aromatic carbocycles. The molecule has 3 heterocycles. The summed E-state index contributed by atoms with van der Waals surface area (Å²) in [7, 11) is 0. The highest BCUT2D eigenvalue weighted by molar-refractivity contribution is 6.44. The van der Waals surface area contributed by atoms with Gasteiger partial charge in [0, 0.05) is 64.0 Å². The number of anilines is 1. The Hall–Kier alpha value is -3.28. The summed E-state index contributed by atoms with van der Waals surface area (Å²) in [5.74, 6) is 0.159. The second-order valence-corrected chi connectivity index (χ2v) is 11.9. The number of carbonyl (C=O) groups is 2. The van der Waals surface area contributed by atoms with E-state index in [1.165, 1.54) is 11.1 Å². The summed E-state index contributed by atoms with van der Waals surface area (Å²) >= 11 is 0. The third-order valence-corrected chi connectivity index (χ3v) is 8.88. The van der Waals surface area contributed by atoms with E-state index in [1.807, 2.05) is 11.0 Å². The molecule has 5 rings (SSSR count).